The number of hydrogen-bond acceptors (Lipinski definition) is 8. The second-order valence-electron chi connectivity index (χ2n) is 15.3. The van der Waals surface area contributed by atoms with Crippen LogP contribution >= 0.6 is 0 Å². The van der Waals surface area contributed by atoms with Crippen LogP contribution in [-0.4, -0.2) is 76.7 Å². The Kier molecular flexibility index (Phi) is 7.29. The summed E-state index contributed by atoms with van der Waals surface area (Å²) in [6, 6.07) is 11.6. The Hall–Kier alpha value is -5.70. The van der Waals surface area contributed by atoms with Gasteiger partial charge < -0.3 is 24.1 Å². The van der Waals surface area contributed by atoms with Gasteiger partial charge in [0.15, 0.2) is 5.82 Å². The van der Waals surface area contributed by atoms with Gasteiger partial charge in [-0.15, -0.1) is 0 Å². The lowest BCUT2D eigenvalue weighted by molar-refractivity contribution is -0.0276. The smallest absolute Gasteiger partial charge is 0.372 e. The molecule has 2 aromatic carbocycles. The van der Waals surface area contributed by atoms with Crippen molar-refractivity contribution in [3.8, 4) is 11.5 Å². The summed E-state index contributed by atoms with van der Waals surface area (Å²) < 4.78 is 30.8. The summed E-state index contributed by atoms with van der Waals surface area (Å²) in [5, 5.41) is 9.94. The van der Waals surface area contributed by atoms with E-state index in [-0.39, 0.29) is 35.5 Å². The van der Waals surface area contributed by atoms with Crippen molar-refractivity contribution in [1.82, 2.24) is 38.9 Å². The van der Waals surface area contributed by atoms with E-state index >= 15 is 0 Å². The van der Waals surface area contributed by atoms with E-state index in [1.54, 1.807) is 48.0 Å². The number of halogens is 1. The molecule has 1 saturated heterocycles. The number of imidazole rings is 1. The Morgan fingerprint density at radius 2 is 1.83 bits per heavy atom. The normalized spacial score (nSPS) is 21.0. The quantitative estimate of drug-likeness (QED) is 0.258. The highest BCUT2D eigenvalue weighted by molar-refractivity contribution is 6.00. The van der Waals surface area contributed by atoms with Gasteiger partial charge in [0.2, 0.25) is 0 Å². The van der Waals surface area contributed by atoms with E-state index in [4.69, 9.17) is 14.4 Å². The molecule has 0 spiro atoms. The van der Waals surface area contributed by atoms with Gasteiger partial charge in [-0.1, -0.05) is 12.1 Å². The minimum absolute atomic E-state index is 0.0472. The van der Waals surface area contributed by atoms with E-state index in [1.165, 1.54) is 4.57 Å². The first-order chi connectivity index (χ1) is 25.3. The fourth-order valence-corrected chi connectivity index (χ4v) is 8.45. The Morgan fingerprint density at radius 1 is 1.06 bits per heavy atom. The molecule has 6 aromatic rings. The number of carbonyl (C=O) groups is 1. The number of rotatable bonds is 6. The number of hydrogen-bond donors (Lipinski definition) is 2. The van der Waals surface area contributed by atoms with Crippen LogP contribution in [0.2, 0.25) is 0 Å². The van der Waals surface area contributed by atoms with Gasteiger partial charge in [0, 0.05) is 60.6 Å². The van der Waals surface area contributed by atoms with Gasteiger partial charge in [0.05, 0.1) is 30.1 Å². The lowest BCUT2D eigenvalue weighted by atomic mass is 10.1. The molecule has 274 valence electrons. The second kappa shape index (κ2) is 11.7. The summed E-state index contributed by atoms with van der Waals surface area (Å²) in [6.45, 7) is 12.3. The van der Waals surface area contributed by atoms with Crippen LogP contribution in [0.15, 0.2) is 62.9 Å². The van der Waals surface area contributed by atoms with Crippen molar-refractivity contribution >= 4 is 22.5 Å². The number of nitrogens with zero attached hydrogens (tertiary/aromatic N) is 7. The fraction of sp³-hybridized carbons (Fsp3) is 0.395. The number of aryl methyl sites for hydroxylation is 2. The zero-order chi connectivity index (χ0) is 37.0. The van der Waals surface area contributed by atoms with Gasteiger partial charge in [0.25, 0.3) is 5.91 Å². The number of ether oxygens (including phenoxy) is 1. The van der Waals surface area contributed by atoms with Crippen LogP contribution in [0.3, 0.4) is 0 Å². The molecule has 9 rings (SSSR count). The lowest BCUT2D eigenvalue weighted by Crippen LogP contribution is -2.48. The SMILES string of the molecule is Cc1cc(-n2nc3c(c2-n2cc[nH]c2=O)CN(C(=O)c2cc4cc(N5CCOC(C)(C)C5)ccc4n2[C@@]2(c4noc(=O)[nH]4)C[C@@H]2C)CC3)cc(C)c1F. The van der Waals surface area contributed by atoms with Gasteiger partial charge in [-0.3, -0.25) is 18.9 Å². The predicted octanol–water partition coefficient (Wildman–Crippen LogP) is 4.34. The molecule has 1 aliphatic carbocycles. The summed E-state index contributed by atoms with van der Waals surface area (Å²) in [7, 11) is 0. The minimum Gasteiger partial charge on any atom is -0.372 e. The van der Waals surface area contributed by atoms with Crippen molar-refractivity contribution in [1.29, 1.82) is 0 Å². The van der Waals surface area contributed by atoms with Crippen LogP contribution in [0, 0.1) is 25.6 Å². The molecule has 0 bridgehead atoms. The average Bonchev–Trinajstić information content (AvgIpc) is 3.64. The largest absolute Gasteiger partial charge is 0.438 e. The van der Waals surface area contributed by atoms with Crippen molar-refractivity contribution in [3.05, 3.63) is 110 Å². The van der Waals surface area contributed by atoms with Crippen LogP contribution < -0.4 is 16.3 Å². The molecule has 4 aromatic heterocycles. The summed E-state index contributed by atoms with van der Waals surface area (Å²) in [6.07, 6.45) is 4.26. The monoisotopic (exact) mass is 721 g/mol. The summed E-state index contributed by atoms with van der Waals surface area (Å²) in [4.78, 5) is 49.9. The molecule has 3 aliphatic rings. The predicted molar refractivity (Wildman–Crippen MR) is 194 cm³/mol. The van der Waals surface area contributed by atoms with E-state index in [0.717, 1.165) is 40.9 Å². The maximum absolute atomic E-state index is 15.0. The maximum Gasteiger partial charge on any atom is 0.438 e. The minimum atomic E-state index is -0.797. The number of aromatic amines is 2. The van der Waals surface area contributed by atoms with E-state index in [0.29, 0.717) is 60.1 Å². The van der Waals surface area contributed by atoms with Crippen LogP contribution in [0.25, 0.3) is 22.4 Å². The molecule has 2 atom stereocenters. The van der Waals surface area contributed by atoms with Gasteiger partial charge in [-0.05, 0) is 87.6 Å². The van der Waals surface area contributed by atoms with E-state index in [2.05, 4.69) is 52.9 Å². The first-order valence-electron chi connectivity index (χ1n) is 17.9. The van der Waals surface area contributed by atoms with Crippen molar-refractivity contribution in [2.75, 3.05) is 31.1 Å². The Morgan fingerprint density at radius 3 is 2.49 bits per heavy atom. The molecule has 1 saturated carbocycles. The average molecular weight is 722 g/mol. The van der Waals surface area contributed by atoms with Gasteiger partial charge >= 0.3 is 11.4 Å². The van der Waals surface area contributed by atoms with Crippen molar-refractivity contribution in [2.24, 2.45) is 5.92 Å². The summed E-state index contributed by atoms with van der Waals surface area (Å²) in [5.41, 5.74) is 3.87. The lowest BCUT2D eigenvalue weighted by Gasteiger charge is -2.39. The summed E-state index contributed by atoms with van der Waals surface area (Å²) >= 11 is 0. The molecule has 0 unspecified atom stereocenters. The molecule has 2 fully saturated rings. The second-order valence-corrected chi connectivity index (χ2v) is 15.3. The number of nitrogens with one attached hydrogen (secondary N) is 2. The molecular weight excluding hydrogens is 681 g/mol. The number of carbonyl (C=O) groups excluding carboxylic acids is 1. The Labute approximate surface area is 302 Å². The number of morpholine rings is 1. The fourth-order valence-electron chi connectivity index (χ4n) is 8.45. The molecule has 14 nitrogen and oxygen atoms in total. The number of aromatic nitrogens is 7. The number of anilines is 1. The van der Waals surface area contributed by atoms with Crippen LogP contribution in [0.5, 0.6) is 0 Å². The highest BCUT2D eigenvalue weighted by Crippen LogP contribution is 2.56. The first-order valence-corrected chi connectivity index (χ1v) is 17.9. The Balaban J connectivity index is 1.16. The van der Waals surface area contributed by atoms with Crippen LogP contribution in [0.1, 0.15) is 65.9 Å². The van der Waals surface area contributed by atoms with Gasteiger partial charge in [-0.2, -0.15) is 5.10 Å². The molecule has 1 amide bonds. The number of fused-ring (bicyclic) bond motifs is 2. The standard InChI is InChI=1S/C38H40FN9O5/c1-21-14-26(15-22(2)31(21)39)48-32(46-11-9-40-35(46)50)27-19-44(10-8-28(27)42-48)33(49)30-17-24-16-25(45-12-13-52-37(4,5)20-45)6-7-29(24)47(30)38(18-23(38)3)34-41-36(51)53-43-34/h6-7,9,11,14-17,23H,8,10,12-13,18-20H2,1-5H3,(H,40,50)(H,41,43,51)/t23-,38-/m0/s1. The highest BCUT2D eigenvalue weighted by Gasteiger charge is 2.59. The number of amides is 1. The van der Waals surface area contributed by atoms with E-state index in [1.807, 2.05) is 16.7 Å². The molecule has 15 heteroatoms. The first kappa shape index (κ1) is 33.2. The molecule has 2 N–H and O–H groups in total. The van der Waals surface area contributed by atoms with Gasteiger partial charge in [-0.25, -0.2) is 18.7 Å². The maximum atomic E-state index is 15.0. The van der Waals surface area contributed by atoms with Gasteiger partial charge in [0.1, 0.15) is 22.9 Å². The molecular formula is C38H40FN9O5. The van der Waals surface area contributed by atoms with E-state index < -0.39 is 11.3 Å². The third kappa shape index (κ3) is 5.19. The van der Waals surface area contributed by atoms with Crippen molar-refractivity contribution < 1.29 is 18.4 Å². The van der Waals surface area contributed by atoms with E-state index in [9.17, 15) is 18.8 Å². The highest BCUT2D eigenvalue weighted by atomic mass is 19.1. The number of H-pyrrole nitrogens is 2. The van der Waals surface area contributed by atoms with Crippen LogP contribution in [0.4, 0.5) is 10.1 Å². The zero-order valence-electron chi connectivity index (χ0n) is 30.2. The van der Waals surface area contributed by atoms with Crippen molar-refractivity contribution in [2.45, 2.75) is 65.1 Å². The molecule has 6 heterocycles. The Bertz CT molecular complexity index is 2550. The third-order valence-electron chi connectivity index (χ3n) is 11.2. The molecule has 0 radical (unpaired) electrons. The van der Waals surface area contributed by atoms with Crippen LogP contribution in [-0.2, 0) is 23.2 Å². The number of benzene rings is 2. The summed E-state index contributed by atoms with van der Waals surface area (Å²) in [5.74, 6) is -0.247. The molecule has 2 aliphatic heterocycles. The zero-order valence-corrected chi connectivity index (χ0v) is 30.2. The topological polar surface area (TPSA) is 152 Å². The third-order valence-corrected chi connectivity index (χ3v) is 11.2. The van der Waals surface area contributed by atoms with Crippen molar-refractivity contribution in [3.63, 3.8) is 0 Å². The molecule has 53 heavy (non-hydrogen) atoms.